The zero-order chi connectivity index (χ0) is 35.3. The van der Waals surface area contributed by atoms with Gasteiger partial charge in [0.15, 0.2) is 0 Å². The van der Waals surface area contributed by atoms with E-state index in [1.165, 1.54) is 94.6 Å². The van der Waals surface area contributed by atoms with Gasteiger partial charge in [-0.05, 0) is 91.7 Å². The van der Waals surface area contributed by atoms with Crippen LogP contribution in [-0.4, -0.2) is 6.85 Å². The van der Waals surface area contributed by atoms with Crippen molar-refractivity contribution in [1.29, 1.82) is 0 Å². The van der Waals surface area contributed by atoms with E-state index in [0.717, 1.165) is 0 Å². The summed E-state index contributed by atoms with van der Waals surface area (Å²) in [6.07, 6.45) is 0. The Bertz CT molecular complexity index is 2680. The number of hydrogen-bond acceptors (Lipinski definition) is 2. The van der Waals surface area contributed by atoms with Gasteiger partial charge in [0.2, 0.25) is 0 Å². The van der Waals surface area contributed by atoms with Crippen LogP contribution in [0.2, 0.25) is 0 Å². The van der Waals surface area contributed by atoms with Gasteiger partial charge >= 0.3 is 6.85 Å². The summed E-state index contributed by atoms with van der Waals surface area (Å²) < 4.78 is 0. The molecule has 0 saturated heterocycles. The molecular formula is C49H41BN2. The molecule has 0 fully saturated rings. The third kappa shape index (κ3) is 3.57. The van der Waals surface area contributed by atoms with Crippen LogP contribution in [0.5, 0.6) is 0 Å². The Balaban J connectivity index is 1.33. The van der Waals surface area contributed by atoms with Gasteiger partial charge in [0.25, 0.3) is 0 Å². The predicted octanol–water partition coefficient (Wildman–Crippen LogP) is 11.2. The van der Waals surface area contributed by atoms with Gasteiger partial charge in [-0.1, -0.05) is 145 Å². The minimum absolute atomic E-state index is 0.0122. The Kier molecular flexibility index (Phi) is 5.71. The first-order valence-electron chi connectivity index (χ1n) is 18.8. The fourth-order valence-electron chi connectivity index (χ4n) is 10.7. The number of para-hydroxylation sites is 3. The van der Waals surface area contributed by atoms with Crippen LogP contribution < -0.4 is 20.6 Å². The molecule has 4 aliphatic rings. The van der Waals surface area contributed by atoms with Gasteiger partial charge < -0.3 is 9.71 Å². The van der Waals surface area contributed by atoms with E-state index < -0.39 is 0 Å². The molecule has 11 rings (SSSR count). The van der Waals surface area contributed by atoms with Crippen molar-refractivity contribution < 1.29 is 0 Å². The van der Waals surface area contributed by atoms with Gasteiger partial charge in [-0.25, -0.2) is 0 Å². The van der Waals surface area contributed by atoms with E-state index in [1.807, 2.05) is 0 Å². The van der Waals surface area contributed by atoms with Gasteiger partial charge in [0.1, 0.15) is 0 Å². The highest BCUT2D eigenvalue weighted by atomic mass is 15.2. The molecule has 7 aromatic rings. The summed E-state index contributed by atoms with van der Waals surface area (Å²) in [7, 11) is 0. The zero-order valence-electron chi connectivity index (χ0n) is 30.8. The highest BCUT2D eigenvalue weighted by molar-refractivity contribution is 6.94. The number of nitrogens with zero attached hydrogens (tertiary/aromatic N) is 2. The van der Waals surface area contributed by atoms with Crippen molar-refractivity contribution in [2.75, 3.05) is 9.71 Å². The molecule has 3 heterocycles. The number of rotatable bonds is 1. The lowest BCUT2D eigenvalue weighted by atomic mass is 9.42. The van der Waals surface area contributed by atoms with Crippen molar-refractivity contribution >= 4 is 57.0 Å². The molecule has 0 unspecified atom stereocenters. The molecule has 0 amide bonds. The Labute approximate surface area is 307 Å². The lowest BCUT2D eigenvalue weighted by molar-refractivity contribution is 0.521. The Morgan fingerprint density at radius 3 is 1.79 bits per heavy atom. The van der Waals surface area contributed by atoms with E-state index >= 15 is 0 Å². The minimum atomic E-state index is -0.157. The Hall–Kier alpha value is -5.54. The van der Waals surface area contributed by atoms with E-state index in [9.17, 15) is 0 Å². The summed E-state index contributed by atoms with van der Waals surface area (Å²) in [6, 6.07) is 53.2. The van der Waals surface area contributed by atoms with E-state index in [4.69, 9.17) is 0 Å². The Morgan fingerprint density at radius 2 is 1.04 bits per heavy atom. The standard InChI is InChI=1S/C49H41BN2/c1-47(2)35-21-12-13-22-36(35)48(3,4)40-29-43-33(28-39(40)47)34-27-30-17-10-11-20-32(30)45-44(34)50(52(43)31-18-8-7-9-19-31)41-25-16-24-38-46(41)51(45)42-26-15-14-23-37(42)49(38,5)6/h7-29H,1-6H3. The van der Waals surface area contributed by atoms with E-state index in [-0.39, 0.29) is 23.1 Å². The first-order valence-corrected chi connectivity index (χ1v) is 18.8. The van der Waals surface area contributed by atoms with Gasteiger partial charge in [0.05, 0.1) is 11.4 Å². The molecule has 250 valence electrons. The molecule has 0 radical (unpaired) electrons. The zero-order valence-corrected chi connectivity index (χ0v) is 30.8. The summed E-state index contributed by atoms with van der Waals surface area (Å²) in [5, 5.41) is 2.58. The first kappa shape index (κ1) is 30.1. The van der Waals surface area contributed by atoms with Crippen molar-refractivity contribution in [1.82, 2.24) is 0 Å². The quantitative estimate of drug-likeness (QED) is 0.161. The van der Waals surface area contributed by atoms with Crippen LogP contribution in [0.15, 0.2) is 140 Å². The lowest BCUT2D eigenvalue weighted by Gasteiger charge is -2.51. The number of anilines is 5. The van der Waals surface area contributed by atoms with Crippen LogP contribution in [0, 0.1) is 0 Å². The molecule has 3 aliphatic heterocycles. The predicted molar refractivity (Wildman–Crippen MR) is 220 cm³/mol. The van der Waals surface area contributed by atoms with Crippen LogP contribution >= 0.6 is 0 Å². The maximum atomic E-state index is 2.68. The van der Waals surface area contributed by atoms with Crippen LogP contribution in [0.3, 0.4) is 0 Å². The van der Waals surface area contributed by atoms with Crippen molar-refractivity contribution in [2.45, 2.75) is 57.8 Å². The normalized spacial score (nSPS) is 17.4. The van der Waals surface area contributed by atoms with E-state index in [2.05, 4.69) is 191 Å². The monoisotopic (exact) mass is 668 g/mol. The van der Waals surface area contributed by atoms with Crippen LogP contribution in [0.1, 0.15) is 74.9 Å². The summed E-state index contributed by atoms with van der Waals surface area (Å²) in [5.41, 5.74) is 19.8. The summed E-state index contributed by atoms with van der Waals surface area (Å²) >= 11 is 0. The second-order valence-electron chi connectivity index (χ2n) is 16.9. The topological polar surface area (TPSA) is 6.48 Å². The van der Waals surface area contributed by atoms with E-state index in [0.29, 0.717) is 0 Å². The molecule has 7 aromatic carbocycles. The fraction of sp³-hybridized carbons (Fsp3) is 0.184. The molecule has 52 heavy (non-hydrogen) atoms. The number of hydrogen-bond donors (Lipinski definition) is 0. The van der Waals surface area contributed by atoms with Gasteiger partial charge in [-0.2, -0.15) is 0 Å². The second kappa shape index (κ2) is 9.86. The molecule has 0 N–H and O–H groups in total. The van der Waals surface area contributed by atoms with Crippen molar-refractivity contribution in [3.05, 3.63) is 173 Å². The average molecular weight is 669 g/mol. The number of fused-ring (bicyclic) bond motifs is 10. The molecule has 3 heteroatoms. The van der Waals surface area contributed by atoms with Crippen molar-refractivity contribution in [3.8, 4) is 11.1 Å². The smallest absolute Gasteiger partial charge is 0.333 e. The summed E-state index contributed by atoms with van der Waals surface area (Å²) in [5.74, 6) is 0. The lowest BCUT2D eigenvalue weighted by Crippen LogP contribution is -2.62. The highest BCUT2D eigenvalue weighted by Gasteiger charge is 2.51. The summed E-state index contributed by atoms with van der Waals surface area (Å²) in [6.45, 7) is 14.5. The largest absolute Gasteiger partial charge is 0.376 e. The van der Waals surface area contributed by atoms with Crippen LogP contribution in [0.4, 0.5) is 28.4 Å². The molecule has 0 spiro atoms. The molecule has 2 nitrogen and oxygen atoms in total. The molecule has 0 saturated carbocycles. The average Bonchev–Trinajstić information content (AvgIpc) is 3.16. The third-order valence-corrected chi connectivity index (χ3v) is 13.2. The third-order valence-electron chi connectivity index (χ3n) is 13.2. The Morgan fingerprint density at radius 1 is 0.442 bits per heavy atom. The van der Waals surface area contributed by atoms with Gasteiger partial charge in [-0.3, -0.25) is 0 Å². The van der Waals surface area contributed by atoms with Crippen LogP contribution in [0.25, 0.3) is 21.9 Å². The highest BCUT2D eigenvalue weighted by Crippen LogP contribution is 2.58. The molecule has 0 bridgehead atoms. The molecule has 0 atom stereocenters. The second-order valence-corrected chi connectivity index (χ2v) is 16.9. The van der Waals surface area contributed by atoms with Gasteiger partial charge in [-0.15, -0.1) is 0 Å². The minimum Gasteiger partial charge on any atom is -0.376 e. The molecular weight excluding hydrogens is 627 g/mol. The number of benzene rings is 7. The maximum Gasteiger partial charge on any atom is 0.333 e. The van der Waals surface area contributed by atoms with Crippen molar-refractivity contribution in [3.63, 3.8) is 0 Å². The fourth-order valence-corrected chi connectivity index (χ4v) is 10.7. The first-order chi connectivity index (χ1) is 25.1. The van der Waals surface area contributed by atoms with Gasteiger partial charge in [0, 0.05) is 44.3 Å². The molecule has 0 aromatic heterocycles. The SMILES string of the molecule is CC1(C)c2ccccc2C(C)(C)c2cc3c(cc21)-c1cc2ccccc2c2c1B(c1cccc4c1N2c1ccccc1C4(C)C)N3c1ccccc1. The maximum absolute atomic E-state index is 2.68. The molecule has 1 aliphatic carbocycles. The summed E-state index contributed by atoms with van der Waals surface area (Å²) in [4.78, 5) is 5.32. The van der Waals surface area contributed by atoms with Crippen molar-refractivity contribution in [2.24, 2.45) is 0 Å². The van der Waals surface area contributed by atoms with Crippen LogP contribution in [-0.2, 0) is 16.2 Å². The van der Waals surface area contributed by atoms with E-state index in [1.54, 1.807) is 0 Å².